The second-order valence-corrected chi connectivity index (χ2v) is 8.74. The minimum atomic E-state index is -0.570. The topological polar surface area (TPSA) is 37.3 Å². The number of carboxylic acids is 1. The maximum Gasteiger partial charge on any atom is 0.303 e. The van der Waals surface area contributed by atoms with Crippen LogP contribution in [0.25, 0.3) is 0 Å². The number of rotatable bonds is 3. The summed E-state index contributed by atoms with van der Waals surface area (Å²) in [7, 11) is 0. The maximum atomic E-state index is 11.4. The molecule has 0 aromatic carbocycles. The maximum absolute atomic E-state index is 11.4. The first-order valence-electron chi connectivity index (χ1n) is 8.13. The molecule has 0 amide bonds. The summed E-state index contributed by atoms with van der Waals surface area (Å²) in [5.41, 5.74) is 0.410. The molecule has 1 atom stereocenters. The van der Waals surface area contributed by atoms with Crippen molar-refractivity contribution in [3.05, 3.63) is 0 Å². The summed E-state index contributed by atoms with van der Waals surface area (Å²) in [5, 5.41) is 9.38. The van der Waals surface area contributed by atoms with Gasteiger partial charge >= 0.3 is 5.97 Å². The standard InChI is InChI=1S/C17H26O2/c1-16(2)9-17(16,8-14(18)19)15-12-4-10-3-11(6-12)7-13(15)5-10/h10-13,15H,3-9H2,1-2H3,(H,18,19). The summed E-state index contributed by atoms with van der Waals surface area (Å²) < 4.78 is 0. The number of carboxylic acid groups (broad SMARTS) is 1. The van der Waals surface area contributed by atoms with Crippen molar-refractivity contribution in [2.24, 2.45) is 40.4 Å². The average Bonchev–Trinajstić information content (AvgIpc) is 2.77. The fraction of sp³-hybridized carbons (Fsp3) is 0.941. The average molecular weight is 262 g/mol. The van der Waals surface area contributed by atoms with Crippen molar-refractivity contribution in [2.75, 3.05) is 0 Å². The number of hydrogen-bond donors (Lipinski definition) is 1. The van der Waals surface area contributed by atoms with Gasteiger partial charge in [-0.15, -0.1) is 0 Å². The summed E-state index contributed by atoms with van der Waals surface area (Å²) in [6.45, 7) is 4.61. The van der Waals surface area contributed by atoms with Crippen LogP contribution in [0.15, 0.2) is 0 Å². The van der Waals surface area contributed by atoms with Gasteiger partial charge in [0.05, 0.1) is 6.42 Å². The van der Waals surface area contributed by atoms with E-state index in [1.165, 1.54) is 32.1 Å². The third kappa shape index (κ3) is 1.58. The lowest BCUT2D eigenvalue weighted by Gasteiger charge is -2.57. The van der Waals surface area contributed by atoms with Gasteiger partial charge in [-0.25, -0.2) is 0 Å². The van der Waals surface area contributed by atoms with Crippen molar-refractivity contribution in [1.82, 2.24) is 0 Å². The minimum Gasteiger partial charge on any atom is -0.481 e. The Balaban J connectivity index is 1.66. The Morgan fingerprint density at radius 3 is 1.89 bits per heavy atom. The lowest BCUT2D eigenvalue weighted by atomic mass is 9.48. The van der Waals surface area contributed by atoms with Gasteiger partial charge < -0.3 is 5.11 Å². The van der Waals surface area contributed by atoms with Gasteiger partial charge in [0.15, 0.2) is 0 Å². The molecule has 2 nitrogen and oxygen atoms in total. The number of aliphatic carboxylic acids is 1. The summed E-state index contributed by atoms with van der Waals surface area (Å²) in [4.78, 5) is 11.4. The molecule has 5 rings (SSSR count). The molecule has 19 heavy (non-hydrogen) atoms. The molecule has 2 heteroatoms. The normalized spacial score (nSPS) is 53.3. The third-order valence-electron chi connectivity index (χ3n) is 7.31. The van der Waals surface area contributed by atoms with Gasteiger partial charge in [0.25, 0.3) is 0 Å². The highest BCUT2D eigenvalue weighted by molar-refractivity contribution is 5.69. The van der Waals surface area contributed by atoms with E-state index in [1.54, 1.807) is 0 Å². The molecule has 1 N–H and O–H groups in total. The quantitative estimate of drug-likeness (QED) is 0.836. The summed E-state index contributed by atoms with van der Waals surface area (Å²) in [5.74, 6) is 3.85. The van der Waals surface area contributed by atoms with Crippen LogP contribution in [0.3, 0.4) is 0 Å². The van der Waals surface area contributed by atoms with E-state index in [2.05, 4.69) is 13.8 Å². The monoisotopic (exact) mass is 262 g/mol. The van der Waals surface area contributed by atoms with Gasteiger partial charge in [-0.1, -0.05) is 13.8 Å². The Hall–Kier alpha value is -0.530. The molecule has 5 aliphatic carbocycles. The molecule has 0 heterocycles. The highest BCUT2D eigenvalue weighted by atomic mass is 16.4. The van der Waals surface area contributed by atoms with E-state index in [4.69, 9.17) is 0 Å². The molecule has 0 aliphatic heterocycles. The Bertz CT molecular complexity index is 397. The zero-order chi connectivity index (χ0) is 13.4. The van der Waals surface area contributed by atoms with Crippen LogP contribution in [-0.2, 0) is 4.79 Å². The van der Waals surface area contributed by atoms with Gasteiger partial charge in [0.1, 0.15) is 0 Å². The number of hydrogen-bond acceptors (Lipinski definition) is 1. The zero-order valence-corrected chi connectivity index (χ0v) is 12.2. The SMILES string of the molecule is CC1(C)CC1(CC(=O)O)C1C2CC3CC(C2)CC1C3. The van der Waals surface area contributed by atoms with Crippen molar-refractivity contribution in [2.45, 2.75) is 58.8 Å². The molecule has 0 spiro atoms. The predicted octanol–water partition coefficient (Wildman–Crippen LogP) is 3.95. The van der Waals surface area contributed by atoms with Crippen LogP contribution in [-0.4, -0.2) is 11.1 Å². The van der Waals surface area contributed by atoms with Crippen LogP contribution >= 0.6 is 0 Å². The van der Waals surface area contributed by atoms with Gasteiger partial charge in [0, 0.05) is 0 Å². The lowest BCUT2D eigenvalue weighted by molar-refractivity contribution is -0.143. The molecular formula is C17H26O2. The second kappa shape index (κ2) is 3.56. The van der Waals surface area contributed by atoms with E-state index in [0.29, 0.717) is 6.42 Å². The van der Waals surface area contributed by atoms with Gasteiger partial charge in [-0.05, 0) is 78.9 Å². The van der Waals surface area contributed by atoms with Gasteiger partial charge in [-0.3, -0.25) is 4.79 Å². The summed E-state index contributed by atoms with van der Waals surface area (Å²) in [6, 6.07) is 0. The van der Waals surface area contributed by atoms with Crippen molar-refractivity contribution in [1.29, 1.82) is 0 Å². The van der Waals surface area contributed by atoms with Crippen LogP contribution in [0.1, 0.15) is 58.8 Å². The molecule has 5 saturated carbocycles. The molecule has 0 radical (unpaired) electrons. The molecule has 0 aromatic heterocycles. The second-order valence-electron chi connectivity index (χ2n) is 8.74. The fourth-order valence-corrected chi connectivity index (χ4v) is 6.83. The van der Waals surface area contributed by atoms with E-state index >= 15 is 0 Å². The van der Waals surface area contributed by atoms with Gasteiger partial charge in [0.2, 0.25) is 0 Å². The first kappa shape index (κ1) is 12.2. The van der Waals surface area contributed by atoms with E-state index in [1.807, 2.05) is 0 Å². The van der Waals surface area contributed by atoms with Crippen LogP contribution in [0.2, 0.25) is 0 Å². The first-order valence-corrected chi connectivity index (χ1v) is 8.13. The van der Waals surface area contributed by atoms with E-state index in [9.17, 15) is 9.90 Å². The Labute approximate surface area is 116 Å². The Morgan fingerprint density at radius 1 is 1.05 bits per heavy atom. The van der Waals surface area contributed by atoms with Crippen molar-refractivity contribution >= 4 is 5.97 Å². The lowest BCUT2D eigenvalue weighted by Crippen LogP contribution is -2.49. The van der Waals surface area contributed by atoms with E-state index in [0.717, 1.165) is 36.0 Å². The minimum absolute atomic E-state index is 0.140. The molecule has 5 fully saturated rings. The summed E-state index contributed by atoms with van der Waals surface area (Å²) >= 11 is 0. The van der Waals surface area contributed by atoms with Crippen molar-refractivity contribution < 1.29 is 9.90 Å². The van der Waals surface area contributed by atoms with E-state index < -0.39 is 5.97 Å². The molecular weight excluding hydrogens is 236 g/mol. The molecule has 1 unspecified atom stereocenters. The summed E-state index contributed by atoms with van der Waals surface area (Å²) in [6.07, 6.45) is 8.70. The zero-order valence-electron chi connectivity index (χ0n) is 12.2. The predicted molar refractivity (Wildman–Crippen MR) is 73.6 cm³/mol. The van der Waals surface area contributed by atoms with Crippen LogP contribution in [0.4, 0.5) is 0 Å². The largest absolute Gasteiger partial charge is 0.481 e. The molecule has 4 bridgehead atoms. The van der Waals surface area contributed by atoms with Crippen LogP contribution < -0.4 is 0 Å². The molecule has 106 valence electrons. The van der Waals surface area contributed by atoms with Crippen molar-refractivity contribution in [3.8, 4) is 0 Å². The third-order valence-corrected chi connectivity index (χ3v) is 7.31. The highest BCUT2D eigenvalue weighted by Crippen LogP contribution is 2.76. The van der Waals surface area contributed by atoms with Crippen LogP contribution in [0, 0.1) is 40.4 Å². The molecule has 0 aromatic rings. The fourth-order valence-electron chi connectivity index (χ4n) is 6.83. The number of carbonyl (C=O) groups is 1. The molecule has 0 saturated heterocycles. The smallest absolute Gasteiger partial charge is 0.303 e. The van der Waals surface area contributed by atoms with Crippen molar-refractivity contribution in [3.63, 3.8) is 0 Å². The first-order chi connectivity index (χ1) is 8.91. The Morgan fingerprint density at radius 2 is 1.53 bits per heavy atom. The van der Waals surface area contributed by atoms with Gasteiger partial charge in [-0.2, -0.15) is 0 Å². The van der Waals surface area contributed by atoms with Crippen LogP contribution in [0.5, 0.6) is 0 Å². The van der Waals surface area contributed by atoms with E-state index in [-0.39, 0.29) is 10.8 Å². The Kier molecular flexibility index (Phi) is 2.29. The highest BCUT2D eigenvalue weighted by Gasteiger charge is 2.69. The molecule has 5 aliphatic rings.